The Balaban J connectivity index is 2.76. The Morgan fingerprint density at radius 1 is 1.33 bits per heavy atom. The Hall–Kier alpha value is -1.43. The molecular formula is C16H27N3O2. The van der Waals surface area contributed by atoms with Crippen LogP contribution in [0.15, 0.2) is 24.3 Å². The van der Waals surface area contributed by atoms with Gasteiger partial charge in [0.1, 0.15) is 0 Å². The molecule has 0 aliphatic rings. The lowest BCUT2D eigenvalue weighted by molar-refractivity contribution is -0.121. The van der Waals surface area contributed by atoms with Crippen molar-refractivity contribution in [2.75, 3.05) is 18.5 Å². The minimum Gasteiger partial charge on any atom is -0.396 e. The maximum Gasteiger partial charge on any atom is 0.241 e. The van der Waals surface area contributed by atoms with Crippen LogP contribution in [-0.2, 0) is 11.3 Å². The van der Waals surface area contributed by atoms with Crippen molar-refractivity contribution in [1.82, 2.24) is 4.90 Å². The topological polar surface area (TPSA) is 78.6 Å². The summed E-state index contributed by atoms with van der Waals surface area (Å²) in [5.41, 5.74) is 7.37. The van der Waals surface area contributed by atoms with Gasteiger partial charge in [0, 0.05) is 31.4 Å². The molecule has 118 valence electrons. The number of rotatable bonds is 8. The summed E-state index contributed by atoms with van der Waals surface area (Å²) in [7, 11) is 0. The van der Waals surface area contributed by atoms with E-state index < -0.39 is 0 Å². The van der Waals surface area contributed by atoms with Crippen LogP contribution in [0.2, 0.25) is 0 Å². The Bertz CT molecular complexity index is 449. The smallest absolute Gasteiger partial charge is 0.241 e. The molecule has 1 rings (SSSR count). The fraction of sp³-hybridized carbons (Fsp3) is 0.562. The average molecular weight is 293 g/mol. The third kappa shape index (κ3) is 5.12. The SMILES string of the molecule is CC(C)N(CCCO)C(C)C(=O)Nc1ccccc1CN. The van der Waals surface area contributed by atoms with Gasteiger partial charge < -0.3 is 16.2 Å². The van der Waals surface area contributed by atoms with Gasteiger partial charge in [-0.3, -0.25) is 9.69 Å². The van der Waals surface area contributed by atoms with Gasteiger partial charge in [0.2, 0.25) is 5.91 Å². The molecule has 5 heteroatoms. The highest BCUT2D eigenvalue weighted by atomic mass is 16.3. The number of nitrogens with two attached hydrogens (primary N) is 1. The number of hydrogen-bond acceptors (Lipinski definition) is 4. The van der Waals surface area contributed by atoms with E-state index in [1.54, 1.807) is 0 Å². The first-order valence-electron chi connectivity index (χ1n) is 7.46. The van der Waals surface area contributed by atoms with Crippen LogP contribution in [0.4, 0.5) is 5.69 Å². The number of hydrogen-bond donors (Lipinski definition) is 3. The molecule has 0 aromatic heterocycles. The predicted molar refractivity (Wildman–Crippen MR) is 86.0 cm³/mol. The second-order valence-corrected chi connectivity index (χ2v) is 5.44. The molecule has 1 amide bonds. The van der Waals surface area contributed by atoms with E-state index in [0.29, 0.717) is 19.5 Å². The number of carbonyl (C=O) groups is 1. The van der Waals surface area contributed by atoms with Gasteiger partial charge in [-0.1, -0.05) is 18.2 Å². The molecule has 21 heavy (non-hydrogen) atoms. The first kappa shape index (κ1) is 17.6. The summed E-state index contributed by atoms with van der Waals surface area (Å²) >= 11 is 0. The molecule has 1 unspecified atom stereocenters. The van der Waals surface area contributed by atoms with E-state index >= 15 is 0 Å². The van der Waals surface area contributed by atoms with Crippen molar-refractivity contribution in [3.63, 3.8) is 0 Å². The third-order valence-electron chi connectivity index (χ3n) is 3.61. The number of amides is 1. The summed E-state index contributed by atoms with van der Waals surface area (Å²) in [6.45, 7) is 7.21. The fourth-order valence-electron chi connectivity index (χ4n) is 2.36. The largest absolute Gasteiger partial charge is 0.396 e. The number of aliphatic hydroxyl groups is 1. The lowest BCUT2D eigenvalue weighted by Gasteiger charge is -2.31. The van der Waals surface area contributed by atoms with Crippen LogP contribution in [0.25, 0.3) is 0 Å². The van der Waals surface area contributed by atoms with Gasteiger partial charge in [-0.15, -0.1) is 0 Å². The van der Waals surface area contributed by atoms with Crippen LogP contribution in [-0.4, -0.2) is 41.1 Å². The zero-order valence-corrected chi connectivity index (χ0v) is 13.2. The molecule has 0 aliphatic heterocycles. The van der Waals surface area contributed by atoms with Crippen LogP contribution < -0.4 is 11.1 Å². The zero-order valence-electron chi connectivity index (χ0n) is 13.2. The van der Waals surface area contributed by atoms with Crippen molar-refractivity contribution in [3.8, 4) is 0 Å². The molecule has 1 aromatic rings. The number of anilines is 1. The molecule has 0 bridgehead atoms. The second-order valence-electron chi connectivity index (χ2n) is 5.44. The minimum atomic E-state index is -0.262. The molecular weight excluding hydrogens is 266 g/mol. The second kappa shape index (κ2) is 8.77. The van der Waals surface area contributed by atoms with Gasteiger partial charge in [0.25, 0.3) is 0 Å². The van der Waals surface area contributed by atoms with Crippen molar-refractivity contribution in [3.05, 3.63) is 29.8 Å². The first-order chi connectivity index (χ1) is 10.0. The standard InChI is InChI=1S/C16H27N3O2/c1-12(2)19(9-6-10-20)13(3)16(21)18-15-8-5-4-7-14(15)11-17/h4-5,7-8,12-13,20H,6,9-11,17H2,1-3H3,(H,18,21). The van der Waals surface area contributed by atoms with E-state index in [2.05, 4.69) is 24.1 Å². The normalized spacial score (nSPS) is 12.7. The molecule has 4 N–H and O–H groups in total. The third-order valence-corrected chi connectivity index (χ3v) is 3.61. The monoisotopic (exact) mass is 293 g/mol. The number of para-hydroxylation sites is 1. The number of aliphatic hydroxyl groups excluding tert-OH is 1. The van der Waals surface area contributed by atoms with Crippen molar-refractivity contribution in [2.45, 2.75) is 45.8 Å². The summed E-state index contributed by atoms with van der Waals surface area (Å²) in [5.74, 6) is -0.0532. The fourth-order valence-corrected chi connectivity index (χ4v) is 2.36. The Kier molecular flexibility index (Phi) is 7.36. The van der Waals surface area contributed by atoms with E-state index in [-0.39, 0.29) is 24.6 Å². The number of benzene rings is 1. The maximum atomic E-state index is 12.4. The van der Waals surface area contributed by atoms with Crippen LogP contribution in [0.3, 0.4) is 0 Å². The van der Waals surface area contributed by atoms with Crippen LogP contribution >= 0.6 is 0 Å². The van der Waals surface area contributed by atoms with Gasteiger partial charge in [-0.2, -0.15) is 0 Å². The molecule has 0 saturated heterocycles. The lowest BCUT2D eigenvalue weighted by Crippen LogP contribution is -2.46. The minimum absolute atomic E-state index is 0.0532. The number of nitrogens with zero attached hydrogens (tertiary/aromatic N) is 1. The van der Waals surface area contributed by atoms with E-state index in [1.165, 1.54) is 0 Å². The molecule has 0 fully saturated rings. The highest BCUT2D eigenvalue weighted by Gasteiger charge is 2.23. The molecule has 0 aliphatic carbocycles. The highest BCUT2D eigenvalue weighted by molar-refractivity contribution is 5.95. The van der Waals surface area contributed by atoms with Crippen molar-refractivity contribution in [2.24, 2.45) is 5.73 Å². The number of carbonyl (C=O) groups excluding carboxylic acids is 1. The predicted octanol–water partition coefficient (Wildman–Crippen LogP) is 1.57. The van der Waals surface area contributed by atoms with Crippen molar-refractivity contribution >= 4 is 11.6 Å². The summed E-state index contributed by atoms with van der Waals surface area (Å²) in [5, 5.41) is 11.9. The van der Waals surface area contributed by atoms with Crippen molar-refractivity contribution in [1.29, 1.82) is 0 Å². The Morgan fingerprint density at radius 3 is 2.57 bits per heavy atom. The van der Waals surface area contributed by atoms with Gasteiger partial charge in [0.15, 0.2) is 0 Å². The van der Waals surface area contributed by atoms with E-state index in [4.69, 9.17) is 10.8 Å². The quantitative estimate of drug-likeness (QED) is 0.680. The maximum absolute atomic E-state index is 12.4. The van der Waals surface area contributed by atoms with Gasteiger partial charge in [-0.05, 0) is 38.8 Å². The molecule has 0 saturated carbocycles. The Labute approximate surface area is 127 Å². The molecule has 1 aromatic carbocycles. The summed E-state index contributed by atoms with van der Waals surface area (Å²) < 4.78 is 0. The van der Waals surface area contributed by atoms with Crippen LogP contribution in [0, 0.1) is 0 Å². The van der Waals surface area contributed by atoms with Crippen LogP contribution in [0.1, 0.15) is 32.8 Å². The summed E-state index contributed by atoms with van der Waals surface area (Å²) in [4.78, 5) is 14.5. The summed E-state index contributed by atoms with van der Waals surface area (Å²) in [6.07, 6.45) is 0.662. The average Bonchev–Trinajstić information content (AvgIpc) is 2.47. The molecule has 0 radical (unpaired) electrons. The van der Waals surface area contributed by atoms with E-state index in [0.717, 1.165) is 11.3 Å². The molecule has 5 nitrogen and oxygen atoms in total. The first-order valence-corrected chi connectivity index (χ1v) is 7.46. The van der Waals surface area contributed by atoms with Crippen LogP contribution in [0.5, 0.6) is 0 Å². The number of nitrogens with one attached hydrogen (secondary N) is 1. The van der Waals surface area contributed by atoms with Crippen molar-refractivity contribution < 1.29 is 9.90 Å². The zero-order chi connectivity index (χ0) is 15.8. The van der Waals surface area contributed by atoms with Gasteiger partial charge in [0.05, 0.1) is 6.04 Å². The van der Waals surface area contributed by atoms with E-state index in [1.807, 2.05) is 31.2 Å². The Morgan fingerprint density at radius 2 is 2.00 bits per heavy atom. The van der Waals surface area contributed by atoms with Gasteiger partial charge in [-0.25, -0.2) is 0 Å². The van der Waals surface area contributed by atoms with E-state index in [9.17, 15) is 4.79 Å². The molecule has 1 atom stereocenters. The molecule has 0 heterocycles. The lowest BCUT2D eigenvalue weighted by atomic mass is 10.1. The molecule has 0 spiro atoms. The van der Waals surface area contributed by atoms with Gasteiger partial charge >= 0.3 is 0 Å². The highest BCUT2D eigenvalue weighted by Crippen LogP contribution is 2.16. The summed E-state index contributed by atoms with van der Waals surface area (Å²) in [6, 6.07) is 7.53.